The van der Waals surface area contributed by atoms with E-state index in [9.17, 15) is 9.59 Å². The van der Waals surface area contributed by atoms with Crippen LogP contribution in [0.2, 0.25) is 0 Å². The first-order chi connectivity index (χ1) is 8.54. The van der Waals surface area contributed by atoms with Crippen LogP contribution in [0.5, 0.6) is 0 Å². The summed E-state index contributed by atoms with van der Waals surface area (Å²) in [5.41, 5.74) is 0. The van der Waals surface area contributed by atoms with Gasteiger partial charge in [-0.05, 0) is 17.9 Å². The summed E-state index contributed by atoms with van der Waals surface area (Å²) in [4.78, 5) is 24.1. The minimum absolute atomic E-state index is 0.109. The summed E-state index contributed by atoms with van der Waals surface area (Å²) < 4.78 is 5.06. The first kappa shape index (κ1) is 15.1. The molecule has 7 heteroatoms. The molecule has 2 amide bonds. The Hall–Kier alpha value is -0.950. The van der Waals surface area contributed by atoms with E-state index in [0.29, 0.717) is 19.0 Å². The number of urea groups is 1. The molecule has 1 heterocycles. The van der Waals surface area contributed by atoms with Crippen LogP contribution in [-0.2, 0) is 9.53 Å². The summed E-state index contributed by atoms with van der Waals surface area (Å²) in [6.07, 6.45) is 1.12. The van der Waals surface area contributed by atoms with Gasteiger partial charge in [-0.1, -0.05) is 6.92 Å². The van der Waals surface area contributed by atoms with E-state index >= 15 is 0 Å². The number of thioether (sulfide) groups is 1. The van der Waals surface area contributed by atoms with Gasteiger partial charge in [0, 0.05) is 13.1 Å². The van der Waals surface area contributed by atoms with Crippen molar-refractivity contribution in [2.75, 3.05) is 38.2 Å². The van der Waals surface area contributed by atoms with Crippen LogP contribution < -0.4 is 5.32 Å². The Balaban J connectivity index is 2.34. The van der Waals surface area contributed by atoms with Crippen LogP contribution in [0.1, 0.15) is 6.92 Å². The minimum Gasteiger partial charge on any atom is -0.479 e. The van der Waals surface area contributed by atoms with Gasteiger partial charge in [-0.2, -0.15) is 11.8 Å². The second kappa shape index (κ2) is 7.48. The molecule has 1 aliphatic rings. The molecule has 0 aliphatic carbocycles. The van der Waals surface area contributed by atoms with E-state index in [1.165, 1.54) is 4.90 Å². The number of carbonyl (C=O) groups is 2. The van der Waals surface area contributed by atoms with Gasteiger partial charge < -0.3 is 20.1 Å². The zero-order chi connectivity index (χ0) is 13.5. The highest BCUT2D eigenvalue weighted by Gasteiger charge is 2.28. The van der Waals surface area contributed by atoms with E-state index in [1.807, 2.05) is 6.26 Å². The molecule has 0 saturated carbocycles. The highest BCUT2D eigenvalue weighted by Crippen LogP contribution is 2.07. The number of nitrogens with zero attached hydrogens (tertiary/aromatic N) is 1. The Morgan fingerprint density at radius 1 is 1.61 bits per heavy atom. The third-order valence-electron chi connectivity index (χ3n) is 2.68. The Morgan fingerprint density at radius 3 is 2.94 bits per heavy atom. The molecule has 1 aliphatic heterocycles. The predicted molar refractivity (Wildman–Crippen MR) is 69.9 cm³/mol. The molecule has 0 spiro atoms. The minimum atomic E-state index is -1.02. The van der Waals surface area contributed by atoms with E-state index in [-0.39, 0.29) is 19.2 Å². The molecule has 0 aromatic heterocycles. The van der Waals surface area contributed by atoms with Gasteiger partial charge >= 0.3 is 12.0 Å². The zero-order valence-electron chi connectivity index (χ0n) is 10.7. The first-order valence-corrected chi connectivity index (χ1v) is 7.30. The number of carboxylic acid groups (broad SMARTS) is 1. The zero-order valence-corrected chi connectivity index (χ0v) is 11.5. The smallest absolute Gasteiger partial charge is 0.334 e. The number of rotatable bonds is 5. The number of nitrogens with one attached hydrogen (secondary N) is 1. The van der Waals surface area contributed by atoms with E-state index in [1.54, 1.807) is 11.8 Å². The number of hydrogen-bond donors (Lipinski definition) is 2. The molecule has 1 rings (SSSR count). The van der Waals surface area contributed by atoms with Crippen molar-refractivity contribution < 1.29 is 19.4 Å². The van der Waals surface area contributed by atoms with Gasteiger partial charge in [-0.25, -0.2) is 9.59 Å². The van der Waals surface area contributed by atoms with Gasteiger partial charge in [0.1, 0.15) is 0 Å². The standard InChI is InChI=1S/C11H20N2O4S/c1-8(7-18-2)5-12-11(16)13-3-4-17-9(6-13)10(14)15/h8-9H,3-7H2,1-2H3,(H,12,16)(H,14,15). The van der Waals surface area contributed by atoms with Crippen molar-refractivity contribution >= 4 is 23.8 Å². The fourth-order valence-corrected chi connectivity index (χ4v) is 2.39. The lowest BCUT2D eigenvalue weighted by Gasteiger charge is -2.31. The molecule has 2 atom stereocenters. The maximum absolute atomic E-state index is 11.8. The van der Waals surface area contributed by atoms with E-state index in [2.05, 4.69) is 12.2 Å². The molecule has 104 valence electrons. The van der Waals surface area contributed by atoms with Gasteiger partial charge in [0.15, 0.2) is 6.10 Å². The van der Waals surface area contributed by atoms with E-state index < -0.39 is 12.1 Å². The molecule has 2 unspecified atom stereocenters. The van der Waals surface area contributed by atoms with Gasteiger partial charge in [0.2, 0.25) is 0 Å². The lowest BCUT2D eigenvalue weighted by molar-refractivity contribution is -0.154. The van der Waals surface area contributed by atoms with Crippen molar-refractivity contribution in [3.05, 3.63) is 0 Å². The first-order valence-electron chi connectivity index (χ1n) is 5.90. The van der Waals surface area contributed by atoms with Gasteiger partial charge in [-0.15, -0.1) is 0 Å². The number of amides is 2. The molecule has 6 nitrogen and oxygen atoms in total. The SMILES string of the molecule is CSCC(C)CNC(=O)N1CCOC(C(=O)O)C1. The fraction of sp³-hybridized carbons (Fsp3) is 0.818. The van der Waals surface area contributed by atoms with Crippen LogP contribution in [0.25, 0.3) is 0 Å². The molecule has 2 N–H and O–H groups in total. The van der Waals surface area contributed by atoms with Crippen molar-refractivity contribution in [2.45, 2.75) is 13.0 Å². The summed E-state index contributed by atoms with van der Waals surface area (Å²) in [7, 11) is 0. The van der Waals surface area contributed by atoms with Crippen molar-refractivity contribution in [1.29, 1.82) is 0 Å². The van der Waals surface area contributed by atoms with Gasteiger partial charge in [-0.3, -0.25) is 0 Å². The lowest BCUT2D eigenvalue weighted by Crippen LogP contribution is -2.52. The average molecular weight is 276 g/mol. The Morgan fingerprint density at radius 2 is 2.33 bits per heavy atom. The number of aliphatic carboxylic acids is 1. The van der Waals surface area contributed by atoms with E-state index in [0.717, 1.165) is 5.75 Å². The molecular weight excluding hydrogens is 256 g/mol. The largest absolute Gasteiger partial charge is 0.479 e. The summed E-state index contributed by atoms with van der Waals surface area (Å²) in [6.45, 7) is 3.49. The Kier molecular flexibility index (Phi) is 6.28. The predicted octanol–water partition coefficient (Wildman–Crippen LogP) is 0.480. The van der Waals surface area contributed by atoms with Crippen LogP contribution in [0.3, 0.4) is 0 Å². The monoisotopic (exact) mass is 276 g/mol. The topological polar surface area (TPSA) is 78.9 Å². The fourth-order valence-electron chi connectivity index (χ4n) is 1.70. The summed E-state index contributed by atoms with van der Waals surface area (Å²) in [5.74, 6) is 0.365. The van der Waals surface area contributed by atoms with Crippen LogP contribution in [-0.4, -0.2) is 66.4 Å². The van der Waals surface area contributed by atoms with Crippen molar-refractivity contribution in [3.63, 3.8) is 0 Å². The van der Waals surface area contributed by atoms with Gasteiger partial charge in [0.05, 0.1) is 13.2 Å². The van der Waals surface area contributed by atoms with Crippen LogP contribution in [0.4, 0.5) is 4.79 Å². The molecule has 1 fully saturated rings. The van der Waals surface area contributed by atoms with E-state index in [4.69, 9.17) is 9.84 Å². The second-order valence-electron chi connectivity index (χ2n) is 4.39. The molecule has 0 radical (unpaired) electrons. The van der Waals surface area contributed by atoms with Gasteiger partial charge in [0.25, 0.3) is 0 Å². The third-order valence-corrected chi connectivity index (χ3v) is 3.58. The maximum Gasteiger partial charge on any atom is 0.334 e. The average Bonchev–Trinajstić information content (AvgIpc) is 2.36. The van der Waals surface area contributed by atoms with Crippen LogP contribution >= 0.6 is 11.8 Å². The molecule has 1 saturated heterocycles. The third kappa shape index (κ3) is 4.73. The van der Waals surface area contributed by atoms with Crippen LogP contribution in [0.15, 0.2) is 0 Å². The Bertz CT molecular complexity index is 301. The summed E-state index contributed by atoms with van der Waals surface area (Å²) in [5, 5.41) is 11.7. The number of morpholine rings is 1. The molecule has 0 bridgehead atoms. The lowest BCUT2D eigenvalue weighted by atomic mass is 10.2. The number of carboxylic acids is 1. The van der Waals surface area contributed by atoms with Crippen molar-refractivity contribution in [1.82, 2.24) is 10.2 Å². The number of carbonyl (C=O) groups excluding carboxylic acids is 1. The van der Waals surface area contributed by atoms with Crippen LogP contribution in [0, 0.1) is 5.92 Å². The van der Waals surface area contributed by atoms with Crippen molar-refractivity contribution in [2.24, 2.45) is 5.92 Å². The highest BCUT2D eigenvalue weighted by atomic mass is 32.2. The maximum atomic E-state index is 11.8. The second-order valence-corrected chi connectivity index (χ2v) is 5.30. The molecule has 0 aromatic rings. The number of ether oxygens (including phenoxy) is 1. The summed E-state index contributed by atoms with van der Waals surface area (Å²) >= 11 is 1.74. The summed E-state index contributed by atoms with van der Waals surface area (Å²) in [6, 6.07) is -0.211. The highest BCUT2D eigenvalue weighted by molar-refractivity contribution is 7.98. The van der Waals surface area contributed by atoms with Crippen molar-refractivity contribution in [3.8, 4) is 0 Å². The quantitative estimate of drug-likeness (QED) is 0.763. The molecule has 18 heavy (non-hydrogen) atoms. The normalized spacial score (nSPS) is 21.4. The molecule has 0 aromatic carbocycles. The Labute approximate surface area is 111 Å². The molecular formula is C11H20N2O4S. The number of hydrogen-bond acceptors (Lipinski definition) is 4.